The Hall–Kier alpha value is -0.530. The molecule has 0 radical (unpaired) electrons. The second-order valence-corrected chi connectivity index (χ2v) is 12.9. The molecule has 3 aliphatic carbocycles. The SMILES string of the molecule is CC[C@H]1CC2NC(=O)CC[C@]2(C)[C@H]2CC[C@]3(C)[C@@H]([C@H](C)CCCC(C)C)CC[C@H]3[C@H]12. The molecule has 4 rings (SSSR count). The van der Waals surface area contributed by atoms with Gasteiger partial charge in [-0.25, -0.2) is 0 Å². The molecular weight excluding hydrogens is 366 g/mol. The molecule has 2 heteroatoms. The molecule has 30 heavy (non-hydrogen) atoms. The molecule has 2 nitrogen and oxygen atoms in total. The minimum absolute atomic E-state index is 0.308. The normalized spacial score (nSPS) is 46.7. The molecule has 3 saturated carbocycles. The van der Waals surface area contributed by atoms with E-state index in [4.69, 9.17) is 0 Å². The molecular formula is C28H49NO. The maximum absolute atomic E-state index is 12.2. The molecule has 172 valence electrons. The lowest BCUT2D eigenvalue weighted by Crippen LogP contribution is -2.63. The highest BCUT2D eigenvalue weighted by atomic mass is 16.1. The zero-order chi connectivity index (χ0) is 21.7. The summed E-state index contributed by atoms with van der Waals surface area (Å²) in [7, 11) is 0. The van der Waals surface area contributed by atoms with Gasteiger partial charge in [0.15, 0.2) is 0 Å². The van der Waals surface area contributed by atoms with Gasteiger partial charge in [0.05, 0.1) is 0 Å². The van der Waals surface area contributed by atoms with Gasteiger partial charge in [0, 0.05) is 12.5 Å². The van der Waals surface area contributed by atoms with Crippen molar-refractivity contribution in [3.8, 4) is 0 Å². The van der Waals surface area contributed by atoms with E-state index < -0.39 is 0 Å². The van der Waals surface area contributed by atoms with Crippen molar-refractivity contribution in [2.24, 2.45) is 52.3 Å². The summed E-state index contributed by atoms with van der Waals surface area (Å²) in [5, 5.41) is 3.45. The first kappa shape index (κ1) is 22.7. The molecule has 9 atom stereocenters. The van der Waals surface area contributed by atoms with E-state index in [-0.39, 0.29) is 0 Å². The van der Waals surface area contributed by atoms with Gasteiger partial charge in [0.2, 0.25) is 5.91 Å². The van der Waals surface area contributed by atoms with Crippen LogP contribution in [0.2, 0.25) is 0 Å². The zero-order valence-corrected chi connectivity index (χ0v) is 20.8. The molecule has 1 heterocycles. The van der Waals surface area contributed by atoms with Crippen molar-refractivity contribution in [3.05, 3.63) is 0 Å². The summed E-state index contributed by atoms with van der Waals surface area (Å²) in [6.07, 6.45) is 14.4. The Bertz CT molecular complexity index is 628. The molecule has 0 aromatic carbocycles. The van der Waals surface area contributed by atoms with Crippen molar-refractivity contribution in [2.45, 2.75) is 118 Å². The number of nitrogens with one attached hydrogen (secondary N) is 1. The number of hydrogen-bond donors (Lipinski definition) is 1. The Morgan fingerprint density at radius 2 is 1.73 bits per heavy atom. The van der Waals surface area contributed by atoms with Crippen LogP contribution in [0.5, 0.6) is 0 Å². The minimum atomic E-state index is 0.308. The number of piperidine rings is 1. The summed E-state index contributed by atoms with van der Waals surface area (Å²) < 4.78 is 0. The first-order valence-corrected chi connectivity index (χ1v) is 13.5. The van der Waals surface area contributed by atoms with Crippen LogP contribution in [0.15, 0.2) is 0 Å². The summed E-state index contributed by atoms with van der Waals surface area (Å²) in [4.78, 5) is 12.2. The molecule has 1 unspecified atom stereocenters. The highest BCUT2D eigenvalue weighted by molar-refractivity contribution is 5.77. The van der Waals surface area contributed by atoms with Crippen LogP contribution in [0.3, 0.4) is 0 Å². The highest BCUT2D eigenvalue weighted by Crippen LogP contribution is 2.68. The van der Waals surface area contributed by atoms with Crippen molar-refractivity contribution in [3.63, 3.8) is 0 Å². The van der Waals surface area contributed by atoms with Crippen LogP contribution in [0.1, 0.15) is 112 Å². The van der Waals surface area contributed by atoms with Gasteiger partial charge in [0.1, 0.15) is 0 Å². The first-order valence-electron chi connectivity index (χ1n) is 13.5. The van der Waals surface area contributed by atoms with Crippen molar-refractivity contribution < 1.29 is 4.79 Å². The quantitative estimate of drug-likeness (QED) is 0.487. The van der Waals surface area contributed by atoms with Crippen LogP contribution in [0.4, 0.5) is 0 Å². The fourth-order valence-electron chi connectivity index (χ4n) is 9.31. The van der Waals surface area contributed by atoms with Gasteiger partial charge in [-0.3, -0.25) is 4.79 Å². The van der Waals surface area contributed by atoms with E-state index in [0.29, 0.717) is 22.8 Å². The van der Waals surface area contributed by atoms with E-state index in [0.717, 1.165) is 54.3 Å². The molecule has 1 amide bonds. The number of fused-ring (bicyclic) bond motifs is 5. The number of carbonyl (C=O) groups excluding carboxylic acids is 1. The fraction of sp³-hybridized carbons (Fsp3) is 0.964. The zero-order valence-electron chi connectivity index (χ0n) is 20.8. The van der Waals surface area contributed by atoms with Gasteiger partial charge < -0.3 is 5.32 Å². The smallest absolute Gasteiger partial charge is 0.220 e. The number of amides is 1. The number of rotatable bonds is 6. The molecule has 1 N–H and O–H groups in total. The number of carbonyl (C=O) groups is 1. The van der Waals surface area contributed by atoms with Crippen LogP contribution in [0.25, 0.3) is 0 Å². The first-order chi connectivity index (χ1) is 14.2. The third kappa shape index (κ3) is 3.66. The van der Waals surface area contributed by atoms with Crippen LogP contribution in [0, 0.1) is 52.3 Å². The lowest BCUT2D eigenvalue weighted by molar-refractivity contribution is -0.146. The Morgan fingerprint density at radius 1 is 1.00 bits per heavy atom. The third-order valence-corrected chi connectivity index (χ3v) is 11.0. The van der Waals surface area contributed by atoms with Gasteiger partial charge in [0.25, 0.3) is 0 Å². The van der Waals surface area contributed by atoms with E-state index in [1.165, 1.54) is 57.8 Å². The average Bonchev–Trinajstić information content (AvgIpc) is 3.05. The highest BCUT2D eigenvalue weighted by Gasteiger charge is 2.62. The molecule has 0 spiro atoms. The van der Waals surface area contributed by atoms with Gasteiger partial charge >= 0.3 is 0 Å². The van der Waals surface area contributed by atoms with Crippen molar-refractivity contribution in [1.82, 2.24) is 5.32 Å². The van der Waals surface area contributed by atoms with Crippen molar-refractivity contribution in [1.29, 1.82) is 0 Å². The lowest BCUT2D eigenvalue weighted by atomic mass is 9.44. The largest absolute Gasteiger partial charge is 0.353 e. The van der Waals surface area contributed by atoms with Gasteiger partial charge in [-0.1, -0.05) is 67.2 Å². The standard InChI is InChI=1S/C28H49NO/c1-7-20-17-24-28(6,16-14-25(30)29-24)23-13-15-27(5)21(11-12-22(27)26(20)23)19(4)10-8-9-18(2)3/h18-24,26H,7-17H2,1-6H3,(H,29,30)/t19-,20+,21-,22+,23+,24?,26+,27-,28-/m1/s1. The Labute approximate surface area is 186 Å². The molecule has 0 bridgehead atoms. The van der Waals surface area contributed by atoms with E-state index in [2.05, 4.69) is 46.9 Å². The van der Waals surface area contributed by atoms with Gasteiger partial charge in [-0.05, 0) is 90.8 Å². The fourth-order valence-corrected chi connectivity index (χ4v) is 9.31. The molecule has 1 aliphatic heterocycles. The summed E-state index contributed by atoms with van der Waals surface area (Å²) in [5.41, 5.74) is 0.902. The number of hydrogen-bond acceptors (Lipinski definition) is 1. The monoisotopic (exact) mass is 415 g/mol. The van der Waals surface area contributed by atoms with Gasteiger partial charge in [-0.15, -0.1) is 0 Å². The topological polar surface area (TPSA) is 29.1 Å². The summed E-state index contributed by atoms with van der Waals surface area (Å²) in [6.45, 7) is 15.0. The van der Waals surface area contributed by atoms with Crippen LogP contribution in [-0.4, -0.2) is 11.9 Å². The van der Waals surface area contributed by atoms with Gasteiger partial charge in [-0.2, -0.15) is 0 Å². The second kappa shape index (κ2) is 8.43. The van der Waals surface area contributed by atoms with Crippen LogP contribution < -0.4 is 5.32 Å². The van der Waals surface area contributed by atoms with E-state index in [1.807, 2.05) is 0 Å². The maximum Gasteiger partial charge on any atom is 0.220 e. The molecule has 4 fully saturated rings. The second-order valence-electron chi connectivity index (χ2n) is 12.9. The molecule has 4 aliphatic rings. The molecule has 1 saturated heterocycles. The Kier molecular flexibility index (Phi) is 6.37. The van der Waals surface area contributed by atoms with E-state index in [1.54, 1.807) is 0 Å². The predicted molar refractivity (Wildman–Crippen MR) is 126 cm³/mol. The maximum atomic E-state index is 12.2. The van der Waals surface area contributed by atoms with Crippen LogP contribution >= 0.6 is 0 Å². The summed E-state index contributed by atoms with van der Waals surface area (Å²) >= 11 is 0. The molecule has 0 aromatic rings. The Morgan fingerprint density at radius 3 is 2.43 bits per heavy atom. The van der Waals surface area contributed by atoms with Crippen LogP contribution in [-0.2, 0) is 4.79 Å². The Balaban J connectivity index is 1.54. The summed E-state index contributed by atoms with van der Waals surface area (Å²) in [5.74, 6) is 6.44. The minimum Gasteiger partial charge on any atom is -0.353 e. The van der Waals surface area contributed by atoms with E-state index in [9.17, 15) is 4.79 Å². The predicted octanol–water partition coefficient (Wildman–Crippen LogP) is 7.22. The average molecular weight is 416 g/mol. The molecule has 0 aromatic heterocycles. The third-order valence-electron chi connectivity index (χ3n) is 11.0. The van der Waals surface area contributed by atoms with E-state index >= 15 is 0 Å². The summed E-state index contributed by atoms with van der Waals surface area (Å²) in [6, 6.07) is 0.432. The van der Waals surface area contributed by atoms with Crippen molar-refractivity contribution in [2.75, 3.05) is 0 Å². The van der Waals surface area contributed by atoms with Crippen molar-refractivity contribution >= 4 is 5.91 Å². The lowest BCUT2D eigenvalue weighted by Gasteiger charge is -2.63.